The van der Waals surface area contributed by atoms with Crippen LogP contribution >= 0.6 is 11.5 Å². The number of carbonyl (C=O) groups excluding carboxylic acids is 1. The van der Waals surface area contributed by atoms with Gasteiger partial charge in [0.2, 0.25) is 4.74 Å². The molecule has 13 heavy (non-hydrogen) atoms. The van der Waals surface area contributed by atoms with E-state index >= 15 is 0 Å². The number of hydrogen-bond donors (Lipinski definition) is 1. The lowest BCUT2D eigenvalue weighted by Crippen LogP contribution is -2.10. The summed E-state index contributed by atoms with van der Waals surface area (Å²) in [5, 5.41) is 0. The number of aromatic amines is 1. The van der Waals surface area contributed by atoms with Crippen molar-refractivity contribution in [1.82, 2.24) is 4.37 Å². The number of rotatable bonds is 3. The Balaban J connectivity index is 2.54. The van der Waals surface area contributed by atoms with Crippen molar-refractivity contribution in [3.8, 4) is 0 Å². The monoisotopic (exact) mass is 201 g/mol. The molecule has 0 saturated heterocycles. The molecule has 0 fully saturated rings. The van der Waals surface area contributed by atoms with Gasteiger partial charge in [0, 0.05) is 6.07 Å². The Morgan fingerprint density at radius 3 is 2.85 bits per heavy atom. The molecule has 0 atom stereocenters. The first-order valence-electron chi connectivity index (χ1n) is 3.95. The summed E-state index contributed by atoms with van der Waals surface area (Å²) in [5.74, 6) is -0.165. The van der Waals surface area contributed by atoms with Gasteiger partial charge in [0.05, 0.1) is 6.61 Å². The van der Waals surface area contributed by atoms with Crippen molar-refractivity contribution in [2.24, 2.45) is 5.92 Å². The van der Waals surface area contributed by atoms with E-state index < -0.39 is 5.97 Å². The zero-order chi connectivity index (χ0) is 9.84. The van der Waals surface area contributed by atoms with Gasteiger partial charge in [-0.3, -0.25) is 4.79 Å². The summed E-state index contributed by atoms with van der Waals surface area (Å²) in [4.78, 5) is 21.9. The van der Waals surface area contributed by atoms with Crippen molar-refractivity contribution in [1.29, 1.82) is 0 Å². The van der Waals surface area contributed by atoms with E-state index in [2.05, 4.69) is 4.37 Å². The second-order valence-electron chi connectivity index (χ2n) is 3.07. The third kappa shape index (κ3) is 3.02. The minimum Gasteiger partial charge on any atom is -0.461 e. The van der Waals surface area contributed by atoms with Crippen LogP contribution in [0.25, 0.3) is 0 Å². The standard InChI is InChI=1S/C8H11NO3S/c1-5(2)4-12-8(11)6-3-7(10)13-9-6/h3,5,9H,4H2,1-2H3. The van der Waals surface area contributed by atoms with Crippen molar-refractivity contribution in [3.63, 3.8) is 0 Å². The van der Waals surface area contributed by atoms with Gasteiger partial charge in [-0.15, -0.1) is 0 Å². The summed E-state index contributed by atoms with van der Waals surface area (Å²) >= 11 is 0.886. The normalized spacial score (nSPS) is 10.4. The molecule has 0 aliphatic carbocycles. The van der Waals surface area contributed by atoms with Gasteiger partial charge < -0.3 is 9.11 Å². The maximum atomic E-state index is 11.2. The Kier molecular flexibility index (Phi) is 3.25. The van der Waals surface area contributed by atoms with Crippen LogP contribution < -0.4 is 4.74 Å². The number of H-pyrrole nitrogens is 1. The minimum absolute atomic E-state index is 0.170. The van der Waals surface area contributed by atoms with E-state index in [1.54, 1.807) is 0 Å². The van der Waals surface area contributed by atoms with Gasteiger partial charge in [0.25, 0.3) is 0 Å². The molecule has 4 nitrogen and oxygen atoms in total. The predicted molar refractivity (Wildman–Crippen MR) is 50.1 cm³/mol. The second kappa shape index (κ2) is 4.23. The molecule has 0 bridgehead atoms. The lowest BCUT2D eigenvalue weighted by atomic mass is 10.2. The molecule has 1 aromatic rings. The quantitative estimate of drug-likeness (QED) is 0.749. The first kappa shape index (κ1) is 9.98. The van der Waals surface area contributed by atoms with E-state index in [9.17, 15) is 9.59 Å². The van der Waals surface area contributed by atoms with E-state index in [-0.39, 0.29) is 10.4 Å². The fourth-order valence-electron chi connectivity index (χ4n) is 0.703. The van der Waals surface area contributed by atoms with Crippen LogP contribution in [0, 0.1) is 5.92 Å². The predicted octanol–water partition coefficient (Wildman–Crippen LogP) is 1.25. The Labute approximate surface area is 79.7 Å². The molecular formula is C8H11NO3S. The molecule has 0 amide bonds. The third-order valence-electron chi connectivity index (χ3n) is 1.29. The molecule has 0 aliphatic heterocycles. The molecule has 0 aromatic carbocycles. The molecule has 72 valence electrons. The number of hydrogen-bond acceptors (Lipinski definition) is 4. The molecule has 0 unspecified atom stereocenters. The van der Waals surface area contributed by atoms with Crippen LogP contribution in [-0.4, -0.2) is 16.9 Å². The van der Waals surface area contributed by atoms with Crippen LogP contribution in [0.15, 0.2) is 10.9 Å². The van der Waals surface area contributed by atoms with E-state index in [0.717, 1.165) is 11.5 Å². The SMILES string of the molecule is CC(C)COC(=O)c1cc(=O)s[nH]1. The summed E-state index contributed by atoms with van der Waals surface area (Å²) in [5.41, 5.74) is 0.232. The molecule has 1 aromatic heterocycles. The van der Waals surface area contributed by atoms with Crippen molar-refractivity contribution in [2.75, 3.05) is 6.61 Å². The topological polar surface area (TPSA) is 59.2 Å². The van der Waals surface area contributed by atoms with Gasteiger partial charge in [-0.1, -0.05) is 13.8 Å². The Morgan fingerprint density at radius 2 is 2.38 bits per heavy atom. The highest BCUT2D eigenvalue weighted by atomic mass is 32.1. The maximum absolute atomic E-state index is 11.2. The molecule has 0 aliphatic rings. The highest BCUT2D eigenvalue weighted by Gasteiger charge is 2.09. The van der Waals surface area contributed by atoms with Crippen LogP contribution in [0.3, 0.4) is 0 Å². The molecule has 0 radical (unpaired) electrons. The Hall–Kier alpha value is -1.10. The summed E-state index contributed by atoms with van der Waals surface area (Å²) in [7, 11) is 0. The molecule has 1 N–H and O–H groups in total. The summed E-state index contributed by atoms with van der Waals surface area (Å²) in [6.45, 7) is 4.27. The number of nitrogens with one attached hydrogen (secondary N) is 1. The van der Waals surface area contributed by atoms with E-state index in [1.807, 2.05) is 13.8 Å². The van der Waals surface area contributed by atoms with Crippen LogP contribution in [0.5, 0.6) is 0 Å². The zero-order valence-corrected chi connectivity index (χ0v) is 8.31. The van der Waals surface area contributed by atoms with Gasteiger partial charge in [0.1, 0.15) is 5.69 Å². The lowest BCUT2D eigenvalue weighted by Gasteiger charge is -2.04. The van der Waals surface area contributed by atoms with Crippen molar-refractivity contribution in [3.05, 3.63) is 21.3 Å². The van der Waals surface area contributed by atoms with Crippen LogP contribution in [0.1, 0.15) is 24.3 Å². The molecule has 0 saturated carbocycles. The number of ether oxygens (including phenoxy) is 1. The van der Waals surface area contributed by atoms with E-state index in [4.69, 9.17) is 4.74 Å². The van der Waals surface area contributed by atoms with Crippen LogP contribution in [0.2, 0.25) is 0 Å². The summed E-state index contributed by atoms with van der Waals surface area (Å²) in [6, 6.07) is 1.24. The first-order chi connectivity index (χ1) is 6.09. The largest absolute Gasteiger partial charge is 0.461 e. The highest BCUT2D eigenvalue weighted by molar-refractivity contribution is 7.03. The minimum atomic E-state index is -0.466. The van der Waals surface area contributed by atoms with E-state index in [0.29, 0.717) is 12.5 Å². The summed E-state index contributed by atoms with van der Waals surface area (Å²) < 4.78 is 7.31. The van der Waals surface area contributed by atoms with Gasteiger partial charge in [-0.25, -0.2) is 4.79 Å². The third-order valence-corrected chi connectivity index (χ3v) is 1.93. The average molecular weight is 201 g/mol. The van der Waals surface area contributed by atoms with Crippen molar-refractivity contribution in [2.45, 2.75) is 13.8 Å². The molecule has 0 spiro atoms. The van der Waals surface area contributed by atoms with Crippen molar-refractivity contribution >= 4 is 17.5 Å². The molecular weight excluding hydrogens is 190 g/mol. The molecule has 1 heterocycles. The van der Waals surface area contributed by atoms with Crippen LogP contribution in [0.4, 0.5) is 0 Å². The lowest BCUT2D eigenvalue weighted by molar-refractivity contribution is 0.0453. The zero-order valence-electron chi connectivity index (χ0n) is 7.49. The van der Waals surface area contributed by atoms with Crippen molar-refractivity contribution < 1.29 is 9.53 Å². The Bertz CT molecular complexity index is 339. The molecule has 5 heteroatoms. The van der Waals surface area contributed by atoms with E-state index in [1.165, 1.54) is 6.07 Å². The van der Waals surface area contributed by atoms with Gasteiger partial charge in [0.15, 0.2) is 0 Å². The fourth-order valence-corrected chi connectivity index (χ4v) is 1.23. The second-order valence-corrected chi connectivity index (χ2v) is 3.88. The Morgan fingerprint density at radius 1 is 1.69 bits per heavy atom. The number of esters is 1. The number of aromatic nitrogens is 1. The van der Waals surface area contributed by atoms with Gasteiger partial charge >= 0.3 is 5.97 Å². The number of carbonyl (C=O) groups is 1. The van der Waals surface area contributed by atoms with Crippen LogP contribution in [-0.2, 0) is 4.74 Å². The average Bonchev–Trinajstić information content (AvgIpc) is 2.47. The summed E-state index contributed by atoms with van der Waals surface area (Å²) in [6.07, 6.45) is 0. The fraction of sp³-hybridized carbons (Fsp3) is 0.500. The molecule has 1 rings (SSSR count). The smallest absolute Gasteiger partial charge is 0.355 e. The maximum Gasteiger partial charge on any atom is 0.355 e. The van der Waals surface area contributed by atoms with Gasteiger partial charge in [-0.2, -0.15) is 0 Å². The van der Waals surface area contributed by atoms with Gasteiger partial charge in [-0.05, 0) is 17.5 Å². The highest BCUT2D eigenvalue weighted by Crippen LogP contribution is 1.99. The first-order valence-corrected chi connectivity index (χ1v) is 4.77.